The lowest BCUT2D eigenvalue weighted by molar-refractivity contribution is -0.137. The minimum atomic E-state index is -4.50. The molecule has 0 radical (unpaired) electrons. The van der Waals surface area contributed by atoms with Crippen molar-refractivity contribution in [2.75, 3.05) is 4.90 Å². The Morgan fingerprint density at radius 2 is 1.52 bits per heavy atom. The highest BCUT2D eigenvalue weighted by molar-refractivity contribution is 6.22. The van der Waals surface area contributed by atoms with Gasteiger partial charge in [0.15, 0.2) is 0 Å². The predicted octanol–water partition coefficient (Wildman–Crippen LogP) is 3.41. The van der Waals surface area contributed by atoms with Gasteiger partial charge in [-0.05, 0) is 42.9 Å². The van der Waals surface area contributed by atoms with Crippen LogP contribution in [0.2, 0.25) is 0 Å². The quantitative estimate of drug-likeness (QED) is 0.587. The molecule has 4 aliphatic rings. The standard InChI is InChI=1S/C17H14F3NO2/c18-17(19,20)11-2-1-3-12(8-11)21-15(22)13-9-4-5-10(7-6-9)14(13)16(21)23/h1-5,8-10,13-14H,6-7H2/t9-,10-,13-,14+/m1/s1. The Labute approximate surface area is 130 Å². The fraction of sp³-hybridized carbons (Fsp3) is 0.412. The Hall–Kier alpha value is -2.11. The van der Waals surface area contributed by atoms with Crippen LogP contribution in [0.25, 0.3) is 0 Å². The summed E-state index contributed by atoms with van der Waals surface area (Å²) in [4.78, 5) is 26.3. The third-order valence-electron chi connectivity index (χ3n) is 5.19. The predicted molar refractivity (Wildman–Crippen MR) is 76.3 cm³/mol. The summed E-state index contributed by atoms with van der Waals surface area (Å²) >= 11 is 0. The van der Waals surface area contributed by atoms with Gasteiger partial charge in [-0.25, -0.2) is 0 Å². The molecule has 0 spiro atoms. The van der Waals surface area contributed by atoms with Gasteiger partial charge < -0.3 is 0 Å². The average molecular weight is 321 g/mol. The highest BCUT2D eigenvalue weighted by Crippen LogP contribution is 2.50. The first-order chi connectivity index (χ1) is 10.9. The average Bonchev–Trinajstić information content (AvgIpc) is 2.81. The van der Waals surface area contributed by atoms with Crippen molar-refractivity contribution in [2.24, 2.45) is 23.7 Å². The zero-order chi connectivity index (χ0) is 16.4. The highest BCUT2D eigenvalue weighted by atomic mass is 19.4. The van der Waals surface area contributed by atoms with E-state index in [2.05, 4.69) is 0 Å². The molecule has 2 fully saturated rings. The van der Waals surface area contributed by atoms with E-state index in [4.69, 9.17) is 0 Å². The molecule has 5 rings (SSSR count). The van der Waals surface area contributed by atoms with E-state index in [1.165, 1.54) is 12.1 Å². The molecule has 2 bridgehead atoms. The Morgan fingerprint density at radius 3 is 2.00 bits per heavy atom. The number of fused-ring (bicyclic) bond motifs is 1. The van der Waals surface area contributed by atoms with E-state index in [-0.39, 0.29) is 29.3 Å². The molecule has 6 heteroatoms. The molecule has 2 amide bonds. The van der Waals surface area contributed by atoms with Crippen molar-refractivity contribution in [2.45, 2.75) is 19.0 Å². The van der Waals surface area contributed by atoms with Crippen molar-refractivity contribution >= 4 is 17.5 Å². The van der Waals surface area contributed by atoms with Crippen LogP contribution in [0, 0.1) is 23.7 Å². The first-order valence-corrected chi connectivity index (χ1v) is 7.61. The summed E-state index contributed by atoms with van der Waals surface area (Å²) < 4.78 is 38.6. The summed E-state index contributed by atoms with van der Waals surface area (Å²) in [6, 6.07) is 4.43. The van der Waals surface area contributed by atoms with Gasteiger partial charge in [-0.1, -0.05) is 18.2 Å². The molecule has 1 saturated carbocycles. The van der Waals surface area contributed by atoms with Gasteiger partial charge in [0, 0.05) is 0 Å². The fourth-order valence-electron chi connectivity index (χ4n) is 4.15. The van der Waals surface area contributed by atoms with Gasteiger partial charge in [-0.2, -0.15) is 13.2 Å². The number of nitrogens with zero attached hydrogens (tertiary/aromatic N) is 1. The monoisotopic (exact) mass is 321 g/mol. The van der Waals surface area contributed by atoms with Crippen LogP contribution in [-0.2, 0) is 15.8 Å². The van der Waals surface area contributed by atoms with E-state index in [0.717, 1.165) is 29.9 Å². The topological polar surface area (TPSA) is 37.4 Å². The number of rotatable bonds is 1. The SMILES string of the molecule is O=C1[C@@H]2[C@H](C(=O)N1c1cccc(C(F)(F)F)c1)[C@@H]1C=C[C@@H]2CC1. The van der Waals surface area contributed by atoms with E-state index >= 15 is 0 Å². The molecule has 1 aliphatic heterocycles. The largest absolute Gasteiger partial charge is 0.416 e. The van der Waals surface area contributed by atoms with E-state index < -0.39 is 23.6 Å². The number of halogens is 3. The number of anilines is 1. The number of imide groups is 1. The molecule has 1 aromatic rings. The van der Waals surface area contributed by atoms with Crippen LogP contribution < -0.4 is 4.90 Å². The molecular weight excluding hydrogens is 307 g/mol. The molecule has 3 nitrogen and oxygen atoms in total. The van der Waals surface area contributed by atoms with Crippen LogP contribution in [0.3, 0.4) is 0 Å². The molecule has 0 N–H and O–H groups in total. The molecule has 0 unspecified atom stereocenters. The Kier molecular flexibility index (Phi) is 2.95. The molecule has 120 valence electrons. The lowest BCUT2D eigenvalue weighted by atomic mass is 9.63. The lowest BCUT2D eigenvalue weighted by Crippen LogP contribution is -2.38. The Bertz CT molecular complexity index is 693. The molecule has 4 atom stereocenters. The Morgan fingerprint density at radius 1 is 0.957 bits per heavy atom. The maximum atomic E-state index is 12.9. The number of benzene rings is 1. The summed E-state index contributed by atoms with van der Waals surface area (Å²) in [5.74, 6) is -1.51. The van der Waals surface area contributed by atoms with Crippen molar-refractivity contribution in [1.82, 2.24) is 0 Å². The first kappa shape index (κ1) is 14.5. The van der Waals surface area contributed by atoms with Crippen LogP contribution >= 0.6 is 0 Å². The maximum absolute atomic E-state index is 12.9. The van der Waals surface area contributed by atoms with Crippen molar-refractivity contribution in [3.8, 4) is 0 Å². The third-order valence-corrected chi connectivity index (χ3v) is 5.19. The zero-order valence-corrected chi connectivity index (χ0v) is 12.1. The maximum Gasteiger partial charge on any atom is 0.416 e. The van der Waals surface area contributed by atoms with Crippen molar-refractivity contribution < 1.29 is 22.8 Å². The number of allylic oxidation sites excluding steroid dienone is 2. The van der Waals surface area contributed by atoms with Crippen LogP contribution in [0.5, 0.6) is 0 Å². The van der Waals surface area contributed by atoms with Crippen LogP contribution in [0.15, 0.2) is 36.4 Å². The molecule has 23 heavy (non-hydrogen) atoms. The van der Waals surface area contributed by atoms with Gasteiger partial charge in [-0.3, -0.25) is 14.5 Å². The van der Waals surface area contributed by atoms with Crippen LogP contribution in [0.4, 0.5) is 18.9 Å². The van der Waals surface area contributed by atoms with Gasteiger partial charge in [-0.15, -0.1) is 0 Å². The second-order valence-corrected chi connectivity index (χ2v) is 6.40. The number of carbonyl (C=O) groups excluding carboxylic acids is 2. The second-order valence-electron chi connectivity index (χ2n) is 6.40. The third kappa shape index (κ3) is 2.04. The normalized spacial score (nSPS) is 32.6. The number of hydrogen-bond acceptors (Lipinski definition) is 2. The molecular formula is C17H14F3NO2. The highest BCUT2D eigenvalue weighted by Gasteiger charge is 2.56. The smallest absolute Gasteiger partial charge is 0.274 e. The summed E-state index contributed by atoms with van der Waals surface area (Å²) in [5, 5.41) is 0. The van der Waals surface area contributed by atoms with E-state index in [1.807, 2.05) is 12.2 Å². The molecule has 1 heterocycles. The summed E-state index contributed by atoms with van der Waals surface area (Å²) in [7, 11) is 0. The van der Waals surface area contributed by atoms with Crippen molar-refractivity contribution in [3.63, 3.8) is 0 Å². The van der Waals surface area contributed by atoms with Crippen LogP contribution in [-0.4, -0.2) is 11.8 Å². The van der Waals surface area contributed by atoms with Gasteiger partial charge in [0.2, 0.25) is 11.8 Å². The number of alkyl halides is 3. The molecule has 1 saturated heterocycles. The molecule has 0 aromatic heterocycles. The van der Waals surface area contributed by atoms with E-state index in [0.29, 0.717) is 0 Å². The summed E-state index contributed by atoms with van der Waals surface area (Å²) in [5.41, 5.74) is -0.838. The summed E-state index contributed by atoms with van der Waals surface area (Å²) in [6.45, 7) is 0. The first-order valence-electron chi connectivity index (χ1n) is 7.61. The summed E-state index contributed by atoms with van der Waals surface area (Å²) in [6.07, 6.45) is 1.18. The second kappa shape index (κ2) is 4.69. The minimum absolute atomic E-state index is 0.0172. The van der Waals surface area contributed by atoms with E-state index in [1.54, 1.807) is 0 Å². The van der Waals surface area contributed by atoms with Crippen molar-refractivity contribution in [1.29, 1.82) is 0 Å². The Balaban J connectivity index is 1.74. The van der Waals surface area contributed by atoms with Gasteiger partial charge in [0.1, 0.15) is 0 Å². The fourth-order valence-corrected chi connectivity index (χ4v) is 4.15. The van der Waals surface area contributed by atoms with Crippen LogP contribution in [0.1, 0.15) is 18.4 Å². The van der Waals surface area contributed by atoms with Gasteiger partial charge in [0.25, 0.3) is 0 Å². The van der Waals surface area contributed by atoms with E-state index in [9.17, 15) is 22.8 Å². The van der Waals surface area contributed by atoms with Gasteiger partial charge in [0.05, 0.1) is 23.1 Å². The molecule has 3 aliphatic carbocycles. The minimum Gasteiger partial charge on any atom is -0.274 e. The number of amides is 2. The number of carbonyl (C=O) groups is 2. The molecule has 1 aromatic carbocycles. The van der Waals surface area contributed by atoms with Gasteiger partial charge >= 0.3 is 6.18 Å². The van der Waals surface area contributed by atoms with Crippen molar-refractivity contribution in [3.05, 3.63) is 42.0 Å². The lowest BCUT2D eigenvalue weighted by Gasteiger charge is -2.38. The number of hydrogen-bond donors (Lipinski definition) is 0. The zero-order valence-electron chi connectivity index (χ0n) is 12.1.